The lowest BCUT2D eigenvalue weighted by molar-refractivity contribution is -0.134. The van der Waals surface area contributed by atoms with Crippen molar-refractivity contribution in [2.45, 2.75) is 103 Å². The lowest BCUT2D eigenvalue weighted by Crippen LogP contribution is -2.52. The van der Waals surface area contributed by atoms with Gasteiger partial charge in [-0.25, -0.2) is 22.8 Å². The number of amides is 3. The molecule has 2 aliphatic heterocycles. The smallest absolute Gasteiger partial charge is 0.410 e. The number of hydrogen-bond acceptors (Lipinski definition) is 6. The van der Waals surface area contributed by atoms with Gasteiger partial charge >= 0.3 is 12.2 Å². The molecule has 0 spiro atoms. The number of nitrogens with zero attached hydrogens (tertiary/aromatic N) is 2. The molecule has 3 amide bonds. The van der Waals surface area contributed by atoms with Crippen molar-refractivity contribution in [3.63, 3.8) is 0 Å². The molecular formula is C31H46F3N3O6. The number of rotatable bonds is 10. The van der Waals surface area contributed by atoms with Crippen molar-refractivity contribution in [2.75, 3.05) is 32.8 Å². The van der Waals surface area contributed by atoms with Crippen molar-refractivity contribution >= 4 is 18.1 Å². The molecular weight excluding hydrogens is 567 g/mol. The average Bonchev–Trinajstić information content (AvgIpc) is 3.27. The first kappa shape index (κ1) is 34.3. The van der Waals surface area contributed by atoms with E-state index < -0.39 is 54.3 Å². The summed E-state index contributed by atoms with van der Waals surface area (Å²) in [5.74, 6) is -4.47. The van der Waals surface area contributed by atoms with Crippen molar-refractivity contribution in [2.24, 2.45) is 5.92 Å². The molecule has 0 bridgehead atoms. The lowest BCUT2D eigenvalue weighted by atomic mass is 9.91. The second kappa shape index (κ2) is 14.5. The van der Waals surface area contributed by atoms with Gasteiger partial charge in [-0.3, -0.25) is 4.79 Å². The van der Waals surface area contributed by atoms with Gasteiger partial charge in [0.2, 0.25) is 5.91 Å². The van der Waals surface area contributed by atoms with E-state index >= 15 is 4.39 Å². The van der Waals surface area contributed by atoms with E-state index in [9.17, 15) is 23.2 Å². The molecule has 0 unspecified atom stereocenters. The van der Waals surface area contributed by atoms with E-state index in [1.165, 1.54) is 12.1 Å². The molecule has 242 valence electrons. The quantitative estimate of drug-likeness (QED) is 0.320. The van der Waals surface area contributed by atoms with Gasteiger partial charge in [-0.1, -0.05) is 13.0 Å². The Morgan fingerprint density at radius 3 is 2.30 bits per heavy atom. The second-order valence-corrected chi connectivity index (χ2v) is 12.8. The predicted molar refractivity (Wildman–Crippen MR) is 155 cm³/mol. The first-order chi connectivity index (χ1) is 20.0. The number of likely N-dealkylation sites (tertiary alicyclic amines) is 2. The third-order valence-corrected chi connectivity index (χ3v) is 7.62. The molecule has 1 N–H and O–H groups in total. The molecule has 2 aliphatic rings. The Morgan fingerprint density at radius 1 is 1.07 bits per heavy atom. The first-order valence-electron chi connectivity index (χ1n) is 15.1. The molecule has 0 radical (unpaired) electrons. The van der Waals surface area contributed by atoms with Gasteiger partial charge in [0.05, 0.1) is 19.3 Å². The van der Waals surface area contributed by atoms with E-state index in [2.05, 4.69) is 5.32 Å². The molecule has 2 fully saturated rings. The standard InChI is InChI=1S/C31H46F3N3O6/c1-20(2)42-29(40)36-14-11-22(12-15-36)8-7-17-41-23-9-10-24(25(32)18-23)21(3)26(35-28(39)43-30(4,5)6)27(38)37-16-13-31(33,34)19-37/h9-10,18,20-22,26H,7-8,11-17,19H2,1-6H3,(H,35,39)/t21-,26-/m0/s1. The van der Waals surface area contributed by atoms with Gasteiger partial charge < -0.3 is 29.3 Å². The topological polar surface area (TPSA) is 97.4 Å². The van der Waals surface area contributed by atoms with Crippen LogP contribution in [0.4, 0.5) is 22.8 Å². The maximum atomic E-state index is 15.3. The second-order valence-electron chi connectivity index (χ2n) is 12.8. The van der Waals surface area contributed by atoms with Gasteiger partial charge in [0.25, 0.3) is 5.92 Å². The van der Waals surface area contributed by atoms with Crippen LogP contribution in [-0.4, -0.2) is 84.3 Å². The highest BCUT2D eigenvalue weighted by atomic mass is 19.3. The number of alkyl halides is 2. The van der Waals surface area contributed by atoms with Gasteiger partial charge in [0.1, 0.15) is 23.2 Å². The monoisotopic (exact) mass is 613 g/mol. The van der Waals surface area contributed by atoms with Crippen LogP contribution in [0.5, 0.6) is 5.75 Å². The fraction of sp³-hybridized carbons (Fsp3) is 0.710. The molecule has 1 aromatic carbocycles. The van der Waals surface area contributed by atoms with Crippen molar-refractivity contribution in [3.8, 4) is 5.75 Å². The summed E-state index contributed by atoms with van der Waals surface area (Å²) in [7, 11) is 0. The zero-order valence-corrected chi connectivity index (χ0v) is 26.1. The van der Waals surface area contributed by atoms with E-state index in [0.717, 1.165) is 30.6 Å². The Kier molecular flexibility index (Phi) is 11.6. The van der Waals surface area contributed by atoms with Gasteiger partial charge in [-0.2, -0.15) is 0 Å². The molecule has 3 rings (SSSR count). The van der Waals surface area contributed by atoms with Crippen LogP contribution < -0.4 is 10.1 Å². The predicted octanol–water partition coefficient (Wildman–Crippen LogP) is 6.11. The summed E-state index contributed by atoms with van der Waals surface area (Å²) < 4.78 is 59.3. The largest absolute Gasteiger partial charge is 0.493 e. The molecule has 0 aromatic heterocycles. The fourth-order valence-electron chi connectivity index (χ4n) is 5.34. The summed E-state index contributed by atoms with van der Waals surface area (Å²) in [5.41, 5.74) is -0.722. The Morgan fingerprint density at radius 2 is 1.74 bits per heavy atom. The molecule has 2 heterocycles. The minimum atomic E-state index is -3.02. The molecule has 12 heteroatoms. The highest BCUT2D eigenvalue weighted by Gasteiger charge is 2.44. The van der Waals surface area contributed by atoms with Gasteiger partial charge in [-0.05, 0) is 77.8 Å². The van der Waals surface area contributed by atoms with Crippen LogP contribution >= 0.6 is 0 Å². The van der Waals surface area contributed by atoms with E-state index in [0.29, 0.717) is 31.4 Å². The fourth-order valence-corrected chi connectivity index (χ4v) is 5.34. The number of carbonyl (C=O) groups is 3. The highest BCUT2D eigenvalue weighted by Crippen LogP contribution is 2.31. The molecule has 1 aromatic rings. The number of hydrogen-bond donors (Lipinski definition) is 1. The minimum Gasteiger partial charge on any atom is -0.493 e. The van der Waals surface area contributed by atoms with Crippen LogP contribution in [0.3, 0.4) is 0 Å². The van der Waals surface area contributed by atoms with Gasteiger partial charge in [-0.15, -0.1) is 0 Å². The summed E-state index contributed by atoms with van der Waals surface area (Å²) in [6.07, 6.45) is 1.67. The van der Waals surface area contributed by atoms with E-state index in [1.54, 1.807) is 38.7 Å². The van der Waals surface area contributed by atoms with E-state index in [4.69, 9.17) is 14.2 Å². The lowest BCUT2D eigenvalue weighted by Gasteiger charge is -2.31. The SMILES string of the molecule is CC(C)OC(=O)N1CCC(CCCOc2ccc([C@H](C)[C@H](NC(=O)OC(C)(C)C)C(=O)N3CCC(F)(F)C3)c(F)c2)CC1. The highest BCUT2D eigenvalue weighted by molar-refractivity contribution is 5.87. The van der Waals surface area contributed by atoms with Crippen molar-refractivity contribution in [1.29, 1.82) is 0 Å². The number of ether oxygens (including phenoxy) is 3. The maximum Gasteiger partial charge on any atom is 0.410 e. The first-order valence-corrected chi connectivity index (χ1v) is 15.1. The van der Waals surface area contributed by atoms with E-state index in [-0.39, 0.29) is 24.3 Å². The number of piperidine rings is 1. The molecule has 9 nitrogen and oxygen atoms in total. The molecule has 0 aliphatic carbocycles. The third-order valence-electron chi connectivity index (χ3n) is 7.62. The van der Waals surface area contributed by atoms with Crippen LogP contribution in [0.2, 0.25) is 0 Å². The van der Waals surface area contributed by atoms with Crippen LogP contribution in [0.25, 0.3) is 0 Å². The zero-order valence-electron chi connectivity index (χ0n) is 26.1. The summed E-state index contributed by atoms with van der Waals surface area (Å²) in [5, 5.41) is 2.48. The summed E-state index contributed by atoms with van der Waals surface area (Å²) >= 11 is 0. The van der Waals surface area contributed by atoms with Crippen LogP contribution in [0, 0.1) is 11.7 Å². The number of carbonyl (C=O) groups excluding carboxylic acids is 3. The Balaban J connectivity index is 1.56. The maximum absolute atomic E-state index is 15.3. The number of alkyl carbamates (subject to hydrolysis) is 1. The average molecular weight is 614 g/mol. The summed E-state index contributed by atoms with van der Waals surface area (Å²) in [6.45, 7) is 11.0. The number of halogens is 3. The summed E-state index contributed by atoms with van der Waals surface area (Å²) in [6, 6.07) is 2.98. The third kappa shape index (κ3) is 10.5. The van der Waals surface area contributed by atoms with Crippen LogP contribution in [-0.2, 0) is 14.3 Å². The Hall–Kier alpha value is -3.18. The minimum absolute atomic E-state index is 0.135. The van der Waals surface area contributed by atoms with Crippen molar-refractivity contribution in [1.82, 2.24) is 15.1 Å². The molecule has 2 saturated heterocycles. The van der Waals surface area contributed by atoms with Crippen LogP contribution in [0.15, 0.2) is 18.2 Å². The van der Waals surface area contributed by atoms with Gasteiger partial charge in [0.15, 0.2) is 0 Å². The molecule has 2 atom stereocenters. The number of nitrogens with one attached hydrogen (secondary N) is 1. The van der Waals surface area contributed by atoms with Crippen molar-refractivity contribution < 1.29 is 41.8 Å². The number of benzene rings is 1. The Bertz CT molecular complexity index is 1120. The van der Waals surface area contributed by atoms with Crippen molar-refractivity contribution in [3.05, 3.63) is 29.6 Å². The van der Waals surface area contributed by atoms with E-state index in [1.807, 2.05) is 13.8 Å². The molecule has 43 heavy (non-hydrogen) atoms. The van der Waals surface area contributed by atoms with Gasteiger partial charge in [0, 0.05) is 38.0 Å². The summed E-state index contributed by atoms with van der Waals surface area (Å²) in [4.78, 5) is 40.6. The molecule has 0 saturated carbocycles. The zero-order chi connectivity index (χ0) is 31.9. The van der Waals surface area contributed by atoms with Crippen LogP contribution in [0.1, 0.15) is 85.1 Å². The Labute approximate surface area is 252 Å². The normalized spacial score (nSPS) is 18.7.